The van der Waals surface area contributed by atoms with E-state index in [1.807, 2.05) is 6.07 Å². The van der Waals surface area contributed by atoms with Crippen LogP contribution in [0.1, 0.15) is 31.9 Å². The third kappa shape index (κ3) is 5.00. The molecule has 184 valence electrons. The van der Waals surface area contributed by atoms with Gasteiger partial charge in [-0.15, -0.1) is 0 Å². The van der Waals surface area contributed by atoms with Crippen LogP contribution >= 0.6 is 0 Å². The predicted molar refractivity (Wildman–Crippen MR) is 128 cm³/mol. The Morgan fingerprint density at radius 2 is 2.00 bits per heavy atom. The maximum Gasteiger partial charge on any atom is 0.319 e. The van der Waals surface area contributed by atoms with Crippen molar-refractivity contribution in [3.63, 3.8) is 0 Å². The van der Waals surface area contributed by atoms with Crippen molar-refractivity contribution in [1.82, 2.24) is 15.3 Å². The minimum absolute atomic E-state index is 0.0598. The van der Waals surface area contributed by atoms with Crippen LogP contribution in [0.4, 0.5) is 20.7 Å². The first kappa shape index (κ1) is 24.3. The normalized spacial score (nSPS) is 19.5. The number of ether oxygens (including phenoxy) is 1. The van der Waals surface area contributed by atoms with Crippen LogP contribution in [0, 0.1) is 0 Å². The van der Waals surface area contributed by atoms with Gasteiger partial charge in [0.15, 0.2) is 15.7 Å². The van der Waals surface area contributed by atoms with Gasteiger partial charge in [0, 0.05) is 36.7 Å². The molecule has 1 aromatic carbocycles. The second-order valence-corrected chi connectivity index (χ2v) is 11.0. The topological polar surface area (TPSA) is 114 Å². The minimum atomic E-state index is -3.35. The number of urea groups is 1. The highest BCUT2D eigenvalue weighted by Crippen LogP contribution is 2.52. The quantitative estimate of drug-likeness (QED) is 0.584. The Balaban J connectivity index is 1.69. The van der Waals surface area contributed by atoms with Gasteiger partial charge < -0.3 is 20.3 Å². The van der Waals surface area contributed by atoms with Crippen molar-refractivity contribution in [2.45, 2.75) is 37.0 Å². The molecule has 2 N–H and O–H groups in total. The van der Waals surface area contributed by atoms with Crippen molar-refractivity contribution in [1.29, 1.82) is 0 Å². The number of hydrogen-bond donors (Lipinski definition) is 2. The van der Waals surface area contributed by atoms with E-state index in [-0.39, 0.29) is 12.6 Å². The van der Waals surface area contributed by atoms with Crippen LogP contribution in [0.5, 0.6) is 0 Å². The lowest BCUT2D eigenvalue weighted by molar-refractivity contribution is 0.0925. The molecular weight excluding hydrogens is 461 g/mol. The first-order valence-corrected chi connectivity index (χ1v) is 13.3. The zero-order valence-corrected chi connectivity index (χ0v) is 20.2. The number of morpholine rings is 1. The smallest absolute Gasteiger partial charge is 0.319 e. The molecule has 34 heavy (non-hydrogen) atoms. The Labute approximate surface area is 199 Å². The summed E-state index contributed by atoms with van der Waals surface area (Å²) in [7, 11) is -3.35. The van der Waals surface area contributed by atoms with E-state index >= 15 is 0 Å². The highest BCUT2D eigenvalue weighted by molar-refractivity contribution is 7.91. The molecule has 0 spiro atoms. The Morgan fingerprint density at radius 3 is 2.62 bits per heavy atom. The van der Waals surface area contributed by atoms with Crippen molar-refractivity contribution in [2.75, 3.05) is 49.5 Å². The molecule has 1 atom stereocenters. The minimum Gasteiger partial charge on any atom is -0.377 e. The summed E-state index contributed by atoms with van der Waals surface area (Å²) in [5.74, 6) is 1.12. The zero-order chi connectivity index (χ0) is 24.3. The lowest BCUT2D eigenvalue weighted by Gasteiger charge is -2.36. The van der Waals surface area contributed by atoms with Crippen LogP contribution in [0.2, 0.25) is 0 Å². The fourth-order valence-electron chi connectivity index (χ4n) is 4.21. The summed E-state index contributed by atoms with van der Waals surface area (Å²) < 4.78 is 42.2. The average Bonchev–Trinajstić information content (AvgIpc) is 3.65. The average molecular weight is 492 g/mol. The summed E-state index contributed by atoms with van der Waals surface area (Å²) in [5.41, 5.74) is 1.75. The van der Waals surface area contributed by atoms with Crippen LogP contribution in [-0.2, 0) is 19.3 Å². The largest absolute Gasteiger partial charge is 0.377 e. The summed E-state index contributed by atoms with van der Waals surface area (Å²) in [6, 6.07) is 8.41. The first-order chi connectivity index (χ1) is 16.3. The standard InChI is InChI=1S/C23H30FN5O4S/c1-3-18-15-33-13-12-29(18)20-14-19(23(8-9-23)34(2,31)32)27-21(28-20)16-4-6-17(7-5-16)26-22(30)25-11-10-24/h4-7,14,18H,3,8-13,15H2,1-2H3,(H2,25,26,30)/t18-/m0/s1. The van der Waals surface area contributed by atoms with E-state index in [4.69, 9.17) is 14.7 Å². The molecule has 1 aromatic heterocycles. The van der Waals surface area contributed by atoms with Gasteiger partial charge in [0.1, 0.15) is 17.2 Å². The predicted octanol–water partition coefficient (Wildman–Crippen LogP) is 2.88. The highest BCUT2D eigenvalue weighted by Gasteiger charge is 2.55. The van der Waals surface area contributed by atoms with Gasteiger partial charge in [-0.25, -0.2) is 27.6 Å². The molecule has 1 aliphatic carbocycles. The molecule has 2 heterocycles. The first-order valence-electron chi connectivity index (χ1n) is 11.4. The molecule has 4 rings (SSSR count). The number of aromatic nitrogens is 2. The monoisotopic (exact) mass is 491 g/mol. The van der Waals surface area contributed by atoms with E-state index < -0.39 is 27.3 Å². The molecule has 11 heteroatoms. The van der Waals surface area contributed by atoms with Gasteiger partial charge >= 0.3 is 6.03 Å². The van der Waals surface area contributed by atoms with E-state index in [1.54, 1.807) is 24.3 Å². The fraction of sp³-hybridized carbons (Fsp3) is 0.522. The van der Waals surface area contributed by atoms with Gasteiger partial charge in [0.25, 0.3) is 0 Å². The number of rotatable bonds is 8. The Hall–Kier alpha value is -2.79. The number of alkyl halides is 1. The van der Waals surface area contributed by atoms with Gasteiger partial charge in [-0.2, -0.15) is 0 Å². The lowest BCUT2D eigenvalue weighted by atomic mass is 10.1. The van der Waals surface area contributed by atoms with Gasteiger partial charge in [-0.05, 0) is 43.5 Å². The number of amides is 2. The van der Waals surface area contributed by atoms with E-state index in [1.165, 1.54) is 6.26 Å². The fourth-order valence-corrected chi connectivity index (χ4v) is 5.54. The lowest BCUT2D eigenvalue weighted by Crippen LogP contribution is -2.45. The second-order valence-electron chi connectivity index (χ2n) is 8.68. The number of carbonyl (C=O) groups excluding carboxylic acids is 1. The van der Waals surface area contributed by atoms with E-state index in [9.17, 15) is 17.6 Å². The van der Waals surface area contributed by atoms with Gasteiger partial charge in [-0.1, -0.05) is 6.92 Å². The van der Waals surface area contributed by atoms with Crippen LogP contribution < -0.4 is 15.5 Å². The van der Waals surface area contributed by atoms with Crippen molar-refractivity contribution < 1.29 is 22.3 Å². The molecule has 0 radical (unpaired) electrons. The maximum absolute atomic E-state index is 12.6. The molecular formula is C23H30FN5O4S. The Bertz CT molecular complexity index is 1140. The third-order valence-corrected chi connectivity index (χ3v) is 8.40. The number of carbonyl (C=O) groups is 1. The number of anilines is 2. The molecule has 1 saturated heterocycles. The van der Waals surface area contributed by atoms with Crippen molar-refractivity contribution in [3.8, 4) is 11.4 Å². The number of benzene rings is 1. The maximum atomic E-state index is 12.6. The molecule has 1 saturated carbocycles. The molecule has 9 nitrogen and oxygen atoms in total. The number of nitrogens with one attached hydrogen (secondary N) is 2. The third-order valence-electron chi connectivity index (χ3n) is 6.37. The molecule has 1 aliphatic heterocycles. The van der Waals surface area contributed by atoms with Crippen molar-refractivity contribution in [3.05, 3.63) is 36.0 Å². The van der Waals surface area contributed by atoms with E-state index in [2.05, 4.69) is 22.5 Å². The van der Waals surface area contributed by atoms with Crippen LogP contribution in [-0.4, -0.2) is 69.7 Å². The Morgan fingerprint density at radius 1 is 1.26 bits per heavy atom. The number of nitrogens with zero attached hydrogens (tertiary/aromatic N) is 3. The summed E-state index contributed by atoms with van der Waals surface area (Å²) in [5, 5.41) is 5.04. The molecule has 2 aliphatic rings. The molecule has 0 unspecified atom stereocenters. The van der Waals surface area contributed by atoms with Crippen LogP contribution in [0.25, 0.3) is 11.4 Å². The molecule has 2 amide bonds. The van der Waals surface area contributed by atoms with Crippen molar-refractivity contribution in [2.24, 2.45) is 0 Å². The van der Waals surface area contributed by atoms with Crippen LogP contribution in [0.3, 0.4) is 0 Å². The molecule has 2 aromatic rings. The van der Waals surface area contributed by atoms with E-state index in [0.717, 1.165) is 6.42 Å². The Kier molecular flexibility index (Phi) is 7.04. The van der Waals surface area contributed by atoms with Gasteiger partial charge in [0.2, 0.25) is 0 Å². The number of halogens is 1. The number of sulfone groups is 1. The van der Waals surface area contributed by atoms with E-state index in [0.29, 0.717) is 61.2 Å². The summed E-state index contributed by atoms with van der Waals surface area (Å²) in [6.07, 6.45) is 3.22. The molecule has 2 fully saturated rings. The highest BCUT2D eigenvalue weighted by atomic mass is 32.2. The van der Waals surface area contributed by atoms with Gasteiger partial charge in [-0.3, -0.25) is 0 Å². The summed E-state index contributed by atoms with van der Waals surface area (Å²) in [6.45, 7) is 3.22. The summed E-state index contributed by atoms with van der Waals surface area (Å²) in [4.78, 5) is 23.4. The van der Waals surface area contributed by atoms with Gasteiger partial charge in [0.05, 0.1) is 24.9 Å². The number of hydrogen-bond acceptors (Lipinski definition) is 7. The SMILES string of the molecule is CC[C@H]1COCCN1c1cc(C2(S(C)(=O)=O)CC2)nc(-c2ccc(NC(=O)NCCF)cc2)n1. The zero-order valence-electron chi connectivity index (χ0n) is 19.4. The molecule has 0 bridgehead atoms. The van der Waals surface area contributed by atoms with Crippen molar-refractivity contribution >= 4 is 27.4 Å². The second kappa shape index (κ2) is 9.83. The van der Waals surface area contributed by atoms with Crippen LogP contribution in [0.15, 0.2) is 30.3 Å². The summed E-state index contributed by atoms with van der Waals surface area (Å²) >= 11 is 0.